The minimum atomic E-state index is -0.607. The molecule has 0 saturated heterocycles. The average Bonchev–Trinajstić information content (AvgIpc) is 2.44. The number of benzene rings is 1. The van der Waals surface area contributed by atoms with Crippen LogP contribution in [-0.2, 0) is 9.53 Å². The topological polar surface area (TPSA) is 47.6 Å². The number of hydrogen-bond acceptors (Lipinski definition) is 4. The third-order valence-corrected chi connectivity index (χ3v) is 2.92. The summed E-state index contributed by atoms with van der Waals surface area (Å²) in [6.45, 7) is 6.84. The largest absolute Gasteiger partial charge is 0.479 e. The van der Waals surface area contributed by atoms with E-state index < -0.39 is 6.10 Å². The van der Waals surface area contributed by atoms with Crippen molar-refractivity contribution in [3.8, 4) is 5.75 Å². The third kappa shape index (κ3) is 4.56. The summed E-state index contributed by atoms with van der Waals surface area (Å²) in [5.74, 6) is 0.348. The molecule has 1 N–H and O–H groups in total. The van der Waals surface area contributed by atoms with Gasteiger partial charge in [0.2, 0.25) is 0 Å². The van der Waals surface area contributed by atoms with Crippen LogP contribution in [0, 0.1) is 0 Å². The number of ether oxygens (including phenoxy) is 2. The van der Waals surface area contributed by atoms with Gasteiger partial charge in [-0.2, -0.15) is 0 Å². The van der Waals surface area contributed by atoms with E-state index in [4.69, 9.17) is 4.74 Å². The molecule has 1 rings (SSSR count). The Labute approximate surface area is 115 Å². The molecule has 0 fully saturated rings. The minimum Gasteiger partial charge on any atom is -0.479 e. The van der Waals surface area contributed by atoms with Crippen LogP contribution >= 0.6 is 0 Å². The van der Waals surface area contributed by atoms with Gasteiger partial charge >= 0.3 is 5.97 Å². The van der Waals surface area contributed by atoms with E-state index in [1.165, 1.54) is 7.11 Å². The molecule has 4 nitrogen and oxygen atoms in total. The smallest absolute Gasteiger partial charge is 0.346 e. The Morgan fingerprint density at radius 1 is 1.32 bits per heavy atom. The second-order valence-electron chi connectivity index (χ2n) is 4.50. The molecule has 2 atom stereocenters. The molecular formula is C15H23NO3. The lowest BCUT2D eigenvalue weighted by Crippen LogP contribution is -2.26. The van der Waals surface area contributed by atoms with Gasteiger partial charge in [-0.05, 0) is 32.9 Å². The second-order valence-corrected chi connectivity index (χ2v) is 4.50. The normalized spacial score (nSPS) is 13.7. The molecular weight excluding hydrogens is 242 g/mol. The zero-order chi connectivity index (χ0) is 14.3. The van der Waals surface area contributed by atoms with Gasteiger partial charge in [0.05, 0.1) is 7.11 Å². The Bertz CT molecular complexity index is 406. The Kier molecular flexibility index (Phi) is 6.36. The molecule has 0 amide bonds. The first-order valence-corrected chi connectivity index (χ1v) is 6.67. The van der Waals surface area contributed by atoms with Crippen molar-refractivity contribution in [3.05, 3.63) is 29.8 Å². The first-order chi connectivity index (χ1) is 9.10. The number of carbonyl (C=O) groups is 1. The highest BCUT2D eigenvalue weighted by atomic mass is 16.6. The Balaban J connectivity index is 2.80. The van der Waals surface area contributed by atoms with Crippen LogP contribution in [0.25, 0.3) is 0 Å². The molecule has 0 radical (unpaired) electrons. The Morgan fingerprint density at radius 2 is 2.00 bits per heavy atom. The predicted octanol–water partition coefficient (Wildman–Crippen LogP) is 2.69. The Morgan fingerprint density at radius 3 is 2.63 bits per heavy atom. The highest BCUT2D eigenvalue weighted by molar-refractivity contribution is 5.74. The molecule has 4 heteroatoms. The van der Waals surface area contributed by atoms with Crippen LogP contribution in [0.3, 0.4) is 0 Å². The summed E-state index contributed by atoms with van der Waals surface area (Å²) in [4.78, 5) is 11.4. The van der Waals surface area contributed by atoms with Gasteiger partial charge in [-0.25, -0.2) is 4.79 Å². The summed E-state index contributed by atoms with van der Waals surface area (Å²) in [6.07, 6.45) is 0.468. The van der Waals surface area contributed by atoms with E-state index in [0.29, 0.717) is 0 Å². The standard InChI is InChI=1S/C15H23NO3/c1-5-10-16-11(2)13-8-6-7-9-14(13)19-12(3)15(17)18-4/h6-9,11-12,16H,5,10H2,1-4H3. The van der Waals surface area contributed by atoms with Gasteiger partial charge in [-0.3, -0.25) is 0 Å². The summed E-state index contributed by atoms with van der Waals surface area (Å²) in [5.41, 5.74) is 1.05. The summed E-state index contributed by atoms with van der Waals surface area (Å²) in [6, 6.07) is 7.93. The van der Waals surface area contributed by atoms with E-state index in [-0.39, 0.29) is 12.0 Å². The number of rotatable bonds is 7. The van der Waals surface area contributed by atoms with Crippen LogP contribution in [0.5, 0.6) is 5.75 Å². The number of esters is 1. The Hall–Kier alpha value is -1.55. The molecule has 0 saturated carbocycles. The van der Waals surface area contributed by atoms with Crippen molar-refractivity contribution in [2.45, 2.75) is 39.3 Å². The number of carbonyl (C=O) groups excluding carboxylic acids is 1. The van der Waals surface area contributed by atoms with Gasteiger partial charge in [-0.1, -0.05) is 25.1 Å². The van der Waals surface area contributed by atoms with Crippen molar-refractivity contribution < 1.29 is 14.3 Å². The fourth-order valence-corrected chi connectivity index (χ4v) is 1.82. The zero-order valence-corrected chi connectivity index (χ0v) is 12.1. The molecule has 0 spiro atoms. The van der Waals surface area contributed by atoms with Crippen molar-refractivity contribution >= 4 is 5.97 Å². The molecule has 1 aromatic carbocycles. The number of hydrogen-bond donors (Lipinski definition) is 1. The van der Waals surface area contributed by atoms with Crippen molar-refractivity contribution in [2.75, 3.05) is 13.7 Å². The van der Waals surface area contributed by atoms with Crippen molar-refractivity contribution in [1.82, 2.24) is 5.32 Å². The van der Waals surface area contributed by atoms with E-state index in [0.717, 1.165) is 24.3 Å². The average molecular weight is 265 g/mol. The fourth-order valence-electron chi connectivity index (χ4n) is 1.82. The van der Waals surface area contributed by atoms with Gasteiger partial charge in [0.1, 0.15) is 5.75 Å². The summed E-state index contributed by atoms with van der Waals surface area (Å²) in [5, 5.41) is 3.41. The van der Waals surface area contributed by atoms with E-state index in [2.05, 4.69) is 23.9 Å². The van der Waals surface area contributed by atoms with E-state index in [1.807, 2.05) is 24.3 Å². The summed E-state index contributed by atoms with van der Waals surface area (Å²) < 4.78 is 10.4. The number of nitrogens with one attached hydrogen (secondary N) is 1. The van der Waals surface area contributed by atoms with Gasteiger partial charge in [0.15, 0.2) is 6.10 Å². The van der Waals surface area contributed by atoms with Crippen LogP contribution in [0.2, 0.25) is 0 Å². The van der Waals surface area contributed by atoms with E-state index in [1.54, 1.807) is 6.92 Å². The number of methoxy groups -OCH3 is 1. The first-order valence-electron chi connectivity index (χ1n) is 6.67. The molecule has 0 aliphatic carbocycles. The molecule has 0 aromatic heterocycles. The van der Waals surface area contributed by atoms with Gasteiger partial charge < -0.3 is 14.8 Å². The molecule has 0 heterocycles. The molecule has 1 aromatic rings. The van der Waals surface area contributed by atoms with Crippen LogP contribution in [0.4, 0.5) is 0 Å². The first kappa shape index (κ1) is 15.5. The maximum atomic E-state index is 11.4. The monoisotopic (exact) mass is 265 g/mol. The SMILES string of the molecule is CCCNC(C)c1ccccc1OC(C)C(=O)OC. The molecule has 19 heavy (non-hydrogen) atoms. The van der Waals surface area contributed by atoms with E-state index in [9.17, 15) is 4.79 Å². The van der Waals surface area contributed by atoms with Crippen LogP contribution < -0.4 is 10.1 Å². The molecule has 0 aliphatic rings. The predicted molar refractivity (Wildman–Crippen MR) is 75.3 cm³/mol. The number of para-hydroxylation sites is 1. The molecule has 0 bridgehead atoms. The minimum absolute atomic E-state index is 0.181. The maximum absolute atomic E-state index is 11.4. The molecule has 2 unspecified atom stereocenters. The molecule has 0 aliphatic heterocycles. The summed E-state index contributed by atoms with van der Waals surface area (Å²) >= 11 is 0. The van der Waals surface area contributed by atoms with Crippen molar-refractivity contribution in [2.24, 2.45) is 0 Å². The second kappa shape index (κ2) is 7.79. The van der Waals surface area contributed by atoms with Crippen molar-refractivity contribution in [1.29, 1.82) is 0 Å². The van der Waals surface area contributed by atoms with Gasteiger partial charge in [0.25, 0.3) is 0 Å². The lowest BCUT2D eigenvalue weighted by atomic mass is 10.1. The quantitative estimate of drug-likeness (QED) is 0.770. The highest BCUT2D eigenvalue weighted by Crippen LogP contribution is 2.25. The third-order valence-electron chi connectivity index (χ3n) is 2.92. The molecule has 106 valence electrons. The highest BCUT2D eigenvalue weighted by Gasteiger charge is 2.18. The summed E-state index contributed by atoms with van der Waals surface area (Å²) in [7, 11) is 1.36. The lowest BCUT2D eigenvalue weighted by Gasteiger charge is -2.20. The van der Waals surface area contributed by atoms with Crippen LogP contribution in [0.1, 0.15) is 38.8 Å². The van der Waals surface area contributed by atoms with Gasteiger partial charge in [0, 0.05) is 11.6 Å². The van der Waals surface area contributed by atoms with Gasteiger partial charge in [-0.15, -0.1) is 0 Å². The fraction of sp³-hybridized carbons (Fsp3) is 0.533. The van der Waals surface area contributed by atoms with Crippen LogP contribution in [-0.4, -0.2) is 25.7 Å². The maximum Gasteiger partial charge on any atom is 0.346 e. The lowest BCUT2D eigenvalue weighted by molar-refractivity contribution is -0.147. The van der Waals surface area contributed by atoms with Crippen LogP contribution in [0.15, 0.2) is 24.3 Å². The van der Waals surface area contributed by atoms with E-state index >= 15 is 0 Å². The zero-order valence-electron chi connectivity index (χ0n) is 12.1. The van der Waals surface area contributed by atoms with Crippen molar-refractivity contribution in [3.63, 3.8) is 0 Å².